The highest BCUT2D eigenvalue weighted by Crippen LogP contribution is 2.44. The molecule has 4 heteroatoms. The van der Waals surface area contributed by atoms with Crippen LogP contribution in [0, 0.1) is 0 Å². The first-order chi connectivity index (χ1) is 28.3. The molecule has 0 aliphatic carbocycles. The largest absolute Gasteiger partial charge is 0.308 e. The maximum absolute atomic E-state index is 5.26. The molecule has 4 nitrogen and oxygen atoms in total. The van der Waals surface area contributed by atoms with Gasteiger partial charge in [0.2, 0.25) is 0 Å². The van der Waals surface area contributed by atoms with Crippen molar-refractivity contribution in [3.8, 4) is 62.0 Å². The standard InChI is InChI=1S/C53H34N4/c1-5-16-36(17-6-1)47-34-48(37-18-7-2-8-19-37)56-53(55-47)39-30-28-35(29-31-39)41-25-15-26-42-43-32-33-45-49(52(43)57(51(41)42)40-22-11-4-12-23-40)44-24-13-14-27-46(44)54-50(45)38-20-9-3-10-21-38/h1-34H. The van der Waals surface area contributed by atoms with Crippen LogP contribution in [0.25, 0.3) is 105 Å². The summed E-state index contributed by atoms with van der Waals surface area (Å²) in [6.45, 7) is 0. The van der Waals surface area contributed by atoms with E-state index in [-0.39, 0.29) is 0 Å². The molecule has 3 aromatic heterocycles. The van der Waals surface area contributed by atoms with Crippen molar-refractivity contribution in [3.05, 3.63) is 206 Å². The number of benzene rings is 8. The highest BCUT2D eigenvalue weighted by molar-refractivity contribution is 6.28. The lowest BCUT2D eigenvalue weighted by Crippen LogP contribution is -1.98. The summed E-state index contributed by atoms with van der Waals surface area (Å²) in [6, 6.07) is 72.5. The van der Waals surface area contributed by atoms with E-state index >= 15 is 0 Å². The number of aromatic nitrogens is 4. The van der Waals surface area contributed by atoms with Gasteiger partial charge in [0.25, 0.3) is 0 Å². The van der Waals surface area contributed by atoms with Crippen LogP contribution >= 0.6 is 0 Å². The van der Waals surface area contributed by atoms with Crippen LogP contribution in [0.5, 0.6) is 0 Å². The van der Waals surface area contributed by atoms with Crippen molar-refractivity contribution < 1.29 is 0 Å². The summed E-state index contributed by atoms with van der Waals surface area (Å²) < 4.78 is 2.47. The van der Waals surface area contributed by atoms with Crippen molar-refractivity contribution in [2.24, 2.45) is 0 Å². The fourth-order valence-electron chi connectivity index (χ4n) is 8.36. The predicted octanol–water partition coefficient (Wildman–Crippen LogP) is 13.6. The molecule has 0 saturated carbocycles. The molecule has 0 spiro atoms. The number of rotatable bonds is 6. The quantitative estimate of drug-likeness (QED) is 0.160. The summed E-state index contributed by atoms with van der Waals surface area (Å²) in [5, 5.41) is 5.87. The third-order valence-corrected chi connectivity index (χ3v) is 11.0. The van der Waals surface area contributed by atoms with Gasteiger partial charge in [-0.1, -0.05) is 182 Å². The second kappa shape index (κ2) is 13.6. The molecule has 266 valence electrons. The minimum Gasteiger partial charge on any atom is -0.308 e. The molecular weight excluding hydrogens is 693 g/mol. The van der Waals surface area contributed by atoms with E-state index in [4.69, 9.17) is 15.0 Å². The lowest BCUT2D eigenvalue weighted by molar-refractivity contribution is 1.18. The molecule has 0 radical (unpaired) electrons. The van der Waals surface area contributed by atoms with Crippen LogP contribution in [0.4, 0.5) is 0 Å². The molecule has 0 fully saturated rings. The van der Waals surface area contributed by atoms with E-state index in [0.29, 0.717) is 5.82 Å². The molecular formula is C53H34N4. The summed E-state index contributed by atoms with van der Waals surface area (Å²) in [6.07, 6.45) is 0. The highest BCUT2D eigenvalue weighted by atomic mass is 15.0. The Bertz CT molecular complexity index is 3190. The molecule has 11 rings (SSSR count). The Morgan fingerprint density at radius 2 is 0.860 bits per heavy atom. The van der Waals surface area contributed by atoms with E-state index in [2.05, 4.69) is 174 Å². The summed E-state index contributed by atoms with van der Waals surface area (Å²) in [5.74, 6) is 0.694. The maximum atomic E-state index is 5.26. The van der Waals surface area contributed by atoms with Crippen molar-refractivity contribution in [1.29, 1.82) is 0 Å². The van der Waals surface area contributed by atoms with Gasteiger partial charge in [-0.3, -0.25) is 0 Å². The van der Waals surface area contributed by atoms with Gasteiger partial charge in [-0.05, 0) is 29.8 Å². The lowest BCUT2D eigenvalue weighted by Gasteiger charge is -2.15. The minimum atomic E-state index is 0.694. The van der Waals surface area contributed by atoms with E-state index in [1.54, 1.807) is 0 Å². The van der Waals surface area contributed by atoms with Gasteiger partial charge in [-0.15, -0.1) is 0 Å². The first-order valence-electron chi connectivity index (χ1n) is 19.3. The Labute approximate surface area is 330 Å². The van der Waals surface area contributed by atoms with Crippen molar-refractivity contribution in [3.63, 3.8) is 0 Å². The normalized spacial score (nSPS) is 11.5. The van der Waals surface area contributed by atoms with Crippen molar-refractivity contribution >= 4 is 43.5 Å². The second-order valence-corrected chi connectivity index (χ2v) is 14.4. The molecule has 0 atom stereocenters. The topological polar surface area (TPSA) is 43.6 Å². The molecule has 0 aliphatic rings. The van der Waals surface area contributed by atoms with Crippen LogP contribution in [-0.2, 0) is 0 Å². The number of nitrogens with zero attached hydrogens (tertiary/aromatic N) is 4. The minimum absolute atomic E-state index is 0.694. The Morgan fingerprint density at radius 3 is 1.53 bits per heavy atom. The Morgan fingerprint density at radius 1 is 0.333 bits per heavy atom. The van der Waals surface area contributed by atoms with Gasteiger partial charge < -0.3 is 4.57 Å². The maximum Gasteiger partial charge on any atom is 0.160 e. The van der Waals surface area contributed by atoms with Gasteiger partial charge in [-0.2, -0.15) is 0 Å². The predicted molar refractivity (Wildman–Crippen MR) is 236 cm³/mol. The molecule has 0 aliphatic heterocycles. The summed E-state index contributed by atoms with van der Waals surface area (Å²) in [4.78, 5) is 15.5. The fourth-order valence-corrected chi connectivity index (χ4v) is 8.36. The molecule has 57 heavy (non-hydrogen) atoms. The molecule has 0 saturated heterocycles. The summed E-state index contributed by atoms with van der Waals surface area (Å²) in [5.41, 5.74) is 13.6. The highest BCUT2D eigenvalue weighted by Gasteiger charge is 2.22. The van der Waals surface area contributed by atoms with Gasteiger partial charge >= 0.3 is 0 Å². The number of fused-ring (bicyclic) bond motifs is 7. The molecule has 8 aromatic carbocycles. The van der Waals surface area contributed by atoms with Crippen LogP contribution in [0.1, 0.15) is 0 Å². The third-order valence-electron chi connectivity index (χ3n) is 11.0. The number of hydrogen-bond donors (Lipinski definition) is 0. The molecule has 3 heterocycles. The van der Waals surface area contributed by atoms with Crippen molar-refractivity contribution in [2.75, 3.05) is 0 Å². The van der Waals surface area contributed by atoms with E-state index in [9.17, 15) is 0 Å². The summed E-state index contributed by atoms with van der Waals surface area (Å²) >= 11 is 0. The fraction of sp³-hybridized carbons (Fsp3) is 0. The Balaban J connectivity index is 1.15. The lowest BCUT2D eigenvalue weighted by atomic mass is 9.97. The molecule has 0 N–H and O–H groups in total. The van der Waals surface area contributed by atoms with Crippen LogP contribution in [0.3, 0.4) is 0 Å². The van der Waals surface area contributed by atoms with Crippen LogP contribution in [0.2, 0.25) is 0 Å². The Hall–Kier alpha value is -7.69. The SMILES string of the molecule is c1ccc(-c2cc(-c3ccccc3)nc(-c3ccc(-c4cccc5c6ccc7c(-c8ccccc8)nc8ccccc8c7c6n(-c6ccccc6)c45)cc3)n2)cc1. The smallest absolute Gasteiger partial charge is 0.160 e. The first kappa shape index (κ1) is 32.7. The average molecular weight is 727 g/mol. The first-order valence-corrected chi connectivity index (χ1v) is 19.3. The monoisotopic (exact) mass is 726 g/mol. The van der Waals surface area contributed by atoms with E-state index < -0.39 is 0 Å². The molecule has 0 bridgehead atoms. The summed E-state index contributed by atoms with van der Waals surface area (Å²) in [7, 11) is 0. The van der Waals surface area contributed by atoms with Crippen LogP contribution < -0.4 is 0 Å². The van der Waals surface area contributed by atoms with E-state index in [1.165, 1.54) is 21.7 Å². The van der Waals surface area contributed by atoms with Gasteiger partial charge in [0.1, 0.15) is 0 Å². The van der Waals surface area contributed by atoms with Crippen LogP contribution in [0.15, 0.2) is 206 Å². The third kappa shape index (κ3) is 5.58. The zero-order valence-corrected chi connectivity index (χ0v) is 30.9. The van der Waals surface area contributed by atoms with Crippen molar-refractivity contribution in [2.45, 2.75) is 0 Å². The van der Waals surface area contributed by atoms with E-state index in [0.717, 1.165) is 78.0 Å². The zero-order valence-electron chi connectivity index (χ0n) is 30.9. The average Bonchev–Trinajstić information content (AvgIpc) is 3.64. The van der Waals surface area contributed by atoms with Gasteiger partial charge in [0, 0.05) is 60.4 Å². The van der Waals surface area contributed by atoms with Crippen LogP contribution in [-0.4, -0.2) is 19.5 Å². The Kier molecular flexibility index (Phi) is 7.78. The second-order valence-electron chi connectivity index (χ2n) is 14.4. The number of para-hydroxylation sites is 3. The van der Waals surface area contributed by atoms with Gasteiger partial charge in [0.15, 0.2) is 5.82 Å². The van der Waals surface area contributed by atoms with E-state index in [1.807, 2.05) is 36.4 Å². The van der Waals surface area contributed by atoms with Gasteiger partial charge in [-0.25, -0.2) is 15.0 Å². The van der Waals surface area contributed by atoms with Crippen molar-refractivity contribution in [1.82, 2.24) is 19.5 Å². The molecule has 0 amide bonds. The zero-order chi connectivity index (χ0) is 37.7. The number of hydrogen-bond acceptors (Lipinski definition) is 3. The van der Waals surface area contributed by atoms with Gasteiger partial charge in [0.05, 0.1) is 33.6 Å². The molecule has 11 aromatic rings. The molecule has 0 unspecified atom stereocenters. The number of pyridine rings is 1.